The van der Waals surface area contributed by atoms with Crippen molar-refractivity contribution in [2.75, 3.05) is 13.7 Å². The molecule has 0 fully saturated rings. The van der Waals surface area contributed by atoms with Crippen LogP contribution >= 0.6 is 0 Å². The second kappa shape index (κ2) is 10.1. The molecule has 0 bridgehead atoms. The van der Waals surface area contributed by atoms with Crippen LogP contribution in [0.3, 0.4) is 0 Å². The summed E-state index contributed by atoms with van der Waals surface area (Å²) in [5.41, 5.74) is 6.54. The number of benzene rings is 3. The minimum atomic E-state index is -0.662. The quantitative estimate of drug-likeness (QED) is 0.288. The van der Waals surface area contributed by atoms with E-state index in [4.69, 9.17) is 19.6 Å². The maximum absolute atomic E-state index is 13.6. The van der Waals surface area contributed by atoms with Crippen LogP contribution in [0, 0.1) is 12.7 Å². The van der Waals surface area contributed by atoms with Gasteiger partial charge in [-0.1, -0.05) is 18.2 Å². The van der Waals surface area contributed by atoms with E-state index in [9.17, 15) is 19.4 Å². The first-order chi connectivity index (χ1) is 19.3. The molecular weight excluding hydrogens is 513 g/mol. The Morgan fingerprint density at radius 3 is 2.73 bits per heavy atom. The molecule has 2 N–H and O–H groups in total. The number of carbonyl (C=O) groups excluding carboxylic acids is 1. The van der Waals surface area contributed by atoms with Crippen LogP contribution in [0.25, 0.3) is 39.3 Å². The maximum Gasteiger partial charge on any atom is 0.310 e. The number of rotatable bonds is 5. The molecule has 5 aromatic rings. The van der Waals surface area contributed by atoms with Gasteiger partial charge in [0.25, 0.3) is 0 Å². The van der Waals surface area contributed by atoms with Gasteiger partial charge in [0, 0.05) is 52.1 Å². The molecule has 0 spiro atoms. The Hall–Kier alpha value is -4.76. The molecule has 6 rings (SSSR count). The average molecular weight is 540 g/mol. The largest absolute Gasteiger partial charge is 0.507 e. The summed E-state index contributed by atoms with van der Waals surface area (Å²) in [6.45, 7) is 2.28. The standard InChI is InChI=1S/C31H26FN3O5/c1-17-23(15-30(38)39-2)31(20-6-9-28-24(13-20)26(36)10-11-40-28)35-29(33-17)16-25(34-35)19-5-3-4-18(12-19)22-8-7-21(32)14-27(22)37/h3-9,12-14,16,26,36-37H,10-11,15H2,1-2H3. The number of esters is 1. The van der Waals surface area contributed by atoms with Gasteiger partial charge in [-0.3, -0.25) is 4.79 Å². The maximum atomic E-state index is 13.6. The number of aromatic hydroxyl groups is 1. The van der Waals surface area contributed by atoms with Crippen molar-refractivity contribution >= 4 is 11.6 Å². The third-order valence-corrected chi connectivity index (χ3v) is 7.18. The van der Waals surface area contributed by atoms with Gasteiger partial charge in [-0.15, -0.1) is 0 Å². The molecule has 0 amide bonds. The number of methoxy groups -OCH3 is 1. The molecular formula is C31H26FN3O5. The lowest BCUT2D eigenvalue weighted by Gasteiger charge is -2.23. The van der Waals surface area contributed by atoms with Crippen molar-refractivity contribution in [2.45, 2.75) is 25.9 Å². The van der Waals surface area contributed by atoms with Gasteiger partial charge in [-0.05, 0) is 48.9 Å². The lowest BCUT2D eigenvalue weighted by molar-refractivity contribution is -0.139. The van der Waals surface area contributed by atoms with Gasteiger partial charge >= 0.3 is 5.97 Å². The second-order valence-corrected chi connectivity index (χ2v) is 9.72. The predicted octanol–water partition coefficient (Wildman–Crippen LogP) is 5.41. The minimum Gasteiger partial charge on any atom is -0.507 e. The van der Waals surface area contributed by atoms with Gasteiger partial charge in [-0.25, -0.2) is 13.9 Å². The zero-order valence-corrected chi connectivity index (χ0v) is 21.9. The summed E-state index contributed by atoms with van der Waals surface area (Å²) in [5, 5.41) is 25.8. The molecule has 1 unspecified atom stereocenters. The van der Waals surface area contributed by atoms with Gasteiger partial charge in [-0.2, -0.15) is 5.10 Å². The fourth-order valence-corrected chi connectivity index (χ4v) is 5.14. The third-order valence-electron chi connectivity index (χ3n) is 7.18. The first-order valence-electron chi connectivity index (χ1n) is 12.8. The van der Waals surface area contributed by atoms with E-state index in [1.165, 1.54) is 19.2 Å². The topological polar surface area (TPSA) is 106 Å². The normalized spacial score (nSPS) is 14.6. The van der Waals surface area contributed by atoms with E-state index in [1.54, 1.807) is 4.52 Å². The van der Waals surface area contributed by atoms with E-state index in [-0.39, 0.29) is 12.2 Å². The predicted molar refractivity (Wildman–Crippen MR) is 146 cm³/mol. The monoisotopic (exact) mass is 539 g/mol. The van der Waals surface area contributed by atoms with E-state index in [1.807, 2.05) is 55.5 Å². The van der Waals surface area contributed by atoms with Crippen molar-refractivity contribution < 1.29 is 28.9 Å². The molecule has 0 aliphatic carbocycles. The Morgan fingerprint density at radius 2 is 1.93 bits per heavy atom. The highest BCUT2D eigenvalue weighted by atomic mass is 19.1. The Balaban J connectivity index is 1.53. The number of aromatic nitrogens is 3. The number of ether oxygens (including phenoxy) is 2. The highest BCUT2D eigenvalue weighted by molar-refractivity contribution is 5.80. The molecule has 0 saturated heterocycles. The average Bonchev–Trinajstić information content (AvgIpc) is 3.37. The number of halogens is 1. The SMILES string of the molecule is COC(=O)Cc1c(C)nc2cc(-c3cccc(-c4ccc(F)cc4O)c3)nn2c1-c1ccc2c(c1)C(O)CCO2. The molecule has 1 aliphatic rings. The van der Waals surface area contributed by atoms with E-state index in [0.29, 0.717) is 63.8 Å². The number of carbonyl (C=O) groups is 1. The van der Waals surface area contributed by atoms with Crippen LogP contribution in [0.15, 0.2) is 66.7 Å². The van der Waals surface area contributed by atoms with Crippen molar-refractivity contribution in [1.82, 2.24) is 14.6 Å². The number of fused-ring (bicyclic) bond motifs is 2. The number of nitrogens with zero attached hydrogens (tertiary/aromatic N) is 3. The molecule has 1 aliphatic heterocycles. The highest BCUT2D eigenvalue weighted by Crippen LogP contribution is 2.38. The summed E-state index contributed by atoms with van der Waals surface area (Å²) < 4.78 is 25.9. The molecule has 3 aromatic carbocycles. The third kappa shape index (κ3) is 4.54. The van der Waals surface area contributed by atoms with Crippen LogP contribution in [0.5, 0.6) is 11.5 Å². The zero-order chi connectivity index (χ0) is 28.0. The Bertz CT molecular complexity index is 1780. The molecule has 2 aromatic heterocycles. The number of aliphatic hydroxyl groups excluding tert-OH is 1. The fraction of sp³-hybridized carbons (Fsp3) is 0.194. The molecule has 1 atom stereocenters. The lowest BCUT2D eigenvalue weighted by atomic mass is 9.96. The number of phenolic OH excluding ortho intramolecular Hbond substituents is 1. The molecule has 0 saturated carbocycles. The van der Waals surface area contributed by atoms with E-state index in [0.717, 1.165) is 17.2 Å². The first kappa shape index (κ1) is 25.5. The highest BCUT2D eigenvalue weighted by Gasteiger charge is 2.24. The summed E-state index contributed by atoms with van der Waals surface area (Å²) in [4.78, 5) is 17.1. The number of hydrogen-bond acceptors (Lipinski definition) is 7. The van der Waals surface area contributed by atoms with Crippen LogP contribution in [-0.2, 0) is 16.0 Å². The van der Waals surface area contributed by atoms with Crippen molar-refractivity contribution in [2.24, 2.45) is 0 Å². The molecule has 40 heavy (non-hydrogen) atoms. The summed E-state index contributed by atoms with van der Waals surface area (Å²) in [5.74, 6) is -0.458. The van der Waals surface area contributed by atoms with E-state index >= 15 is 0 Å². The Labute approximate surface area is 229 Å². The van der Waals surface area contributed by atoms with Crippen LogP contribution in [0.2, 0.25) is 0 Å². The Kier molecular flexibility index (Phi) is 6.43. The van der Waals surface area contributed by atoms with Crippen LogP contribution in [-0.4, -0.2) is 44.5 Å². The van der Waals surface area contributed by atoms with Crippen molar-refractivity contribution in [1.29, 1.82) is 0 Å². The fourth-order valence-electron chi connectivity index (χ4n) is 5.14. The minimum absolute atomic E-state index is 0.00866. The number of aryl methyl sites for hydroxylation is 1. The number of phenols is 1. The van der Waals surface area contributed by atoms with Gasteiger partial charge in [0.2, 0.25) is 0 Å². The van der Waals surface area contributed by atoms with E-state index in [2.05, 4.69) is 0 Å². The zero-order valence-electron chi connectivity index (χ0n) is 21.9. The molecule has 9 heteroatoms. The first-order valence-corrected chi connectivity index (χ1v) is 12.8. The second-order valence-electron chi connectivity index (χ2n) is 9.72. The summed E-state index contributed by atoms with van der Waals surface area (Å²) in [6, 6.07) is 18.7. The van der Waals surface area contributed by atoms with Crippen LogP contribution < -0.4 is 4.74 Å². The molecule has 3 heterocycles. The molecule has 202 valence electrons. The Morgan fingerprint density at radius 1 is 1.10 bits per heavy atom. The van der Waals surface area contributed by atoms with Gasteiger partial charge in [0.15, 0.2) is 5.65 Å². The van der Waals surface area contributed by atoms with Gasteiger partial charge in [0.1, 0.15) is 17.3 Å². The van der Waals surface area contributed by atoms with Crippen LogP contribution in [0.1, 0.15) is 29.3 Å². The number of aliphatic hydroxyl groups is 1. The summed E-state index contributed by atoms with van der Waals surface area (Å²) in [7, 11) is 1.34. The van der Waals surface area contributed by atoms with Crippen molar-refractivity contribution in [3.63, 3.8) is 0 Å². The van der Waals surface area contributed by atoms with E-state index < -0.39 is 17.9 Å². The van der Waals surface area contributed by atoms with Gasteiger partial charge in [0.05, 0.1) is 37.6 Å². The molecule has 0 radical (unpaired) electrons. The van der Waals surface area contributed by atoms with Gasteiger partial charge < -0.3 is 19.7 Å². The summed E-state index contributed by atoms with van der Waals surface area (Å²) in [6.07, 6.45) is -0.183. The van der Waals surface area contributed by atoms with Crippen molar-refractivity contribution in [3.8, 4) is 45.1 Å². The smallest absolute Gasteiger partial charge is 0.310 e. The van der Waals surface area contributed by atoms with Crippen LogP contribution in [0.4, 0.5) is 4.39 Å². The lowest BCUT2D eigenvalue weighted by Crippen LogP contribution is -2.15. The summed E-state index contributed by atoms with van der Waals surface area (Å²) >= 11 is 0. The molecule has 8 nitrogen and oxygen atoms in total. The number of hydrogen-bond donors (Lipinski definition) is 2. The van der Waals surface area contributed by atoms with Crippen molar-refractivity contribution in [3.05, 3.63) is 89.4 Å².